The van der Waals surface area contributed by atoms with Crippen LogP contribution < -0.4 is 27.0 Å². The van der Waals surface area contributed by atoms with Crippen molar-refractivity contribution in [1.29, 1.82) is 0 Å². The van der Waals surface area contributed by atoms with Crippen molar-refractivity contribution in [1.82, 2.24) is 25.3 Å². The van der Waals surface area contributed by atoms with Crippen LogP contribution in [-0.4, -0.2) is 77.9 Å². The fourth-order valence-electron chi connectivity index (χ4n) is 4.58. The molecule has 6 N–H and O–H groups in total. The molecular weight excluding hydrogens is 534 g/mol. The van der Waals surface area contributed by atoms with E-state index in [9.17, 15) is 4.79 Å². The van der Waals surface area contributed by atoms with E-state index < -0.39 is 0 Å². The molecule has 42 heavy (non-hydrogen) atoms. The Morgan fingerprint density at radius 3 is 2.31 bits per heavy atom. The maximum atomic E-state index is 12.5. The predicted octanol–water partition coefficient (Wildman–Crippen LogP) is 3.00. The van der Waals surface area contributed by atoms with Gasteiger partial charge in [-0.1, -0.05) is 37.5 Å². The van der Waals surface area contributed by atoms with Gasteiger partial charge in [0.2, 0.25) is 17.8 Å². The first-order valence-electron chi connectivity index (χ1n) is 14.8. The smallest absolute Gasteiger partial charge is 0.251 e. The largest absolute Gasteiger partial charge is 0.378 e. The second-order valence-corrected chi connectivity index (χ2v) is 10.1. The minimum absolute atomic E-state index is 0.144. The molecule has 1 fully saturated rings. The Morgan fingerprint density at radius 2 is 1.57 bits per heavy atom. The first-order valence-corrected chi connectivity index (χ1v) is 14.8. The zero-order chi connectivity index (χ0) is 29.2. The van der Waals surface area contributed by atoms with Gasteiger partial charge in [0.25, 0.3) is 5.91 Å². The lowest BCUT2D eigenvalue weighted by Crippen LogP contribution is -2.27. The molecule has 226 valence electrons. The van der Waals surface area contributed by atoms with Crippen LogP contribution >= 0.6 is 0 Å². The normalized spacial score (nSPS) is 13.5. The summed E-state index contributed by atoms with van der Waals surface area (Å²) in [6.45, 7) is 3.98. The highest BCUT2D eigenvalue weighted by Gasteiger charge is 2.16. The summed E-state index contributed by atoms with van der Waals surface area (Å²) in [6.07, 6.45) is 8.51. The molecule has 2 heterocycles. The Balaban J connectivity index is 1.27. The zero-order valence-electron chi connectivity index (χ0n) is 24.2. The predicted molar refractivity (Wildman–Crippen MR) is 164 cm³/mol. The highest BCUT2D eigenvalue weighted by atomic mass is 16.5. The van der Waals surface area contributed by atoms with E-state index in [1.54, 1.807) is 6.20 Å². The molecule has 12 heteroatoms. The highest BCUT2D eigenvalue weighted by Crippen LogP contribution is 2.21. The molecule has 0 unspecified atom stereocenters. The fourth-order valence-corrected chi connectivity index (χ4v) is 4.58. The van der Waals surface area contributed by atoms with Gasteiger partial charge in [0, 0.05) is 56.1 Å². The summed E-state index contributed by atoms with van der Waals surface area (Å²) in [7, 11) is 0. The Hall–Kier alpha value is -3.87. The highest BCUT2D eigenvalue weighted by molar-refractivity contribution is 5.94. The number of rotatable bonds is 18. The van der Waals surface area contributed by atoms with E-state index in [1.165, 1.54) is 19.3 Å². The number of ether oxygens (including phenoxy) is 2. The van der Waals surface area contributed by atoms with Gasteiger partial charge in [-0.2, -0.15) is 15.0 Å². The molecule has 1 saturated carbocycles. The SMILES string of the molecule is NCCOCCOCCNC(=O)c1ccc(CNc2nc(NCCc3ccccn3)nc(NC3CCCCC3)n2)cc1. The van der Waals surface area contributed by atoms with Crippen LogP contribution in [0.1, 0.15) is 53.7 Å². The summed E-state index contributed by atoms with van der Waals surface area (Å²) in [5.41, 5.74) is 7.96. The van der Waals surface area contributed by atoms with Crippen LogP contribution in [0.2, 0.25) is 0 Å². The molecule has 3 aromatic rings. The third kappa shape index (κ3) is 11.2. The number of aromatic nitrogens is 4. The van der Waals surface area contributed by atoms with E-state index in [0.29, 0.717) is 82.1 Å². The second kappa shape index (κ2) is 17.8. The van der Waals surface area contributed by atoms with E-state index in [2.05, 4.69) is 41.2 Å². The summed E-state index contributed by atoms with van der Waals surface area (Å²) in [4.78, 5) is 30.7. The summed E-state index contributed by atoms with van der Waals surface area (Å²) in [6, 6.07) is 13.7. The van der Waals surface area contributed by atoms with Crippen molar-refractivity contribution in [3.05, 3.63) is 65.5 Å². The van der Waals surface area contributed by atoms with Crippen LogP contribution in [0.25, 0.3) is 0 Å². The van der Waals surface area contributed by atoms with Crippen molar-refractivity contribution in [2.24, 2.45) is 5.73 Å². The number of nitrogens with one attached hydrogen (secondary N) is 4. The van der Waals surface area contributed by atoms with Crippen molar-refractivity contribution in [2.75, 3.05) is 62.0 Å². The lowest BCUT2D eigenvalue weighted by atomic mass is 9.96. The Bertz CT molecular complexity index is 1190. The standard InChI is InChI=1S/C30H43N9O3/c31-14-18-41-20-21-42-19-17-33-27(40)24-11-9-23(10-12-24)22-35-29-37-28(34-16-13-25-6-4-5-15-32-25)38-30(39-29)36-26-7-2-1-3-8-26/h4-6,9-12,15,26H,1-3,7-8,13-14,16-22,31H2,(H,33,40)(H3,34,35,36,37,38,39). The molecule has 1 aliphatic rings. The maximum Gasteiger partial charge on any atom is 0.251 e. The molecule has 4 rings (SSSR count). The summed E-state index contributed by atoms with van der Waals surface area (Å²) in [5, 5.41) is 13.0. The van der Waals surface area contributed by atoms with E-state index in [0.717, 1.165) is 30.5 Å². The molecule has 0 radical (unpaired) electrons. The third-order valence-electron chi connectivity index (χ3n) is 6.80. The van der Waals surface area contributed by atoms with Crippen LogP contribution in [0.4, 0.5) is 17.8 Å². The molecule has 0 aliphatic heterocycles. The topological polar surface area (TPSA) is 161 Å². The first-order chi connectivity index (χ1) is 20.7. The molecule has 1 aliphatic carbocycles. The van der Waals surface area contributed by atoms with Gasteiger partial charge in [-0.25, -0.2) is 0 Å². The van der Waals surface area contributed by atoms with Gasteiger partial charge in [-0.3, -0.25) is 9.78 Å². The molecule has 0 bridgehead atoms. The lowest BCUT2D eigenvalue weighted by Gasteiger charge is -2.23. The molecular formula is C30H43N9O3. The molecule has 1 amide bonds. The van der Waals surface area contributed by atoms with Crippen molar-refractivity contribution < 1.29 is 14.3 Å². The average Bonchev–Trinajstić information content (AvgIpc) is 3.02. The van der Waals surface area contributed by atoms with Gasteiger partial charge < -0.3 is 36.5 Å². The molecule has 1 aromatic carbocycles. The number of nitrogens with two attached hydrogens (primary N) is 1. The van der Waals surface area contributed by atoms with E-state index in [-0.39, 0.29) is 5.91 Å². The monoisotopic (exact) mass is 577 g/mol. The van der Waals surface area contributed by atoms with E-state index in [1.807, 2.05) is 42.5 Å². The number of hydrogen-bond acceptors (Lipinski definition) is 11. The van der Waals surface area contributed by atoms with Gasteiger partial charge in [0.15, 0.2) is 0 Å². The van der Waals surface area contributed by atoms with Gasteiger partial charge in [0.1, 0.15) is 0 Å². The molecule has 0 spiro atoms. The van der Waals surface area contributed by atoms with Crippen LogP contribution in [-0.2, 0) is 22.4 Å². The Morgan fingerprint density at radius 1 is 0.833 bits per heavy atom. The van der Waals surface area contributed by atoms with Gasteiger partial charge in [0.05, 0.1) is 26.4 Å². The quantitative estimate of drug-likeness (QED) is 0.141. The Labute approximate surface area is 247 Å². The lowest BCUT2D eigenvalue weighted by molar-refractivity contribution is 0.0511. The first kappa shape index (κ1) is 31.1. The summed E-state index contributed by atoms with van der Waals surface area (Å²) in [5.74, 6) is 1.42. The molecule has 0 saturated heterocycles. The number of anilines is 3. The van der Waals surface area contributed by atoms with E-state index in [4.69, 9.17) is 15.2 Å². The summed E-state index contributed by atoms with van der Waals surface area (Å²) >= 11 is 0. The van der Waals surface area contributed by atoms with Crippen LogP contribution in [0.15, 0.2) is 48.7 Å². The number of hydrogen-bond donors (Lipinski definition) is 5. The molecule has 2 aromatic heterocycles. The molecule has 12 nitrogen and oxygen atoms in total. The van der Waals surface area contributed by atoms with Crippen LogP contribution in [0.3, 0.4) is 0 Å². The van der Waals surface area contributed by atoms with Crippen molar-refractivity contribution in [2.45, 2.75) is 51.1 Å². The van der Waals surface area contributed by atoms with Crippen molar-refractivity contribution >= 4 is 23.8 Å². The molecule has 0 atom stereocenters. The van der Waals surface area contributed by atoms with Crippen LogP contribution in [0.5, 0.6) is 0 Å². The third-order valence-corrected chi connectivity index (χ3v) is 6.80. The fraction of sp³-hybridized carbons (Fsp3) is 0.500. The number of nitrogens with zero attached hydrogens (tertiary/aromatic N) is 4. The van der Waals surface area contributed by atoms with Gasteiger partial charge in [-0.05, 0) is 42.7 Å². The summed E-state index contributed by atoms with van der Waals surface area (Å²) < 4.78 is 10.7. The van der Waals surface area contributed by atoms with Crippen molar-refractivity contribution in [3.63, 3.8) is 0 Å². The number of pyridine rings is 1. The second-order valence-electron chi connectivity index (χ2n) is 10.1. The van der Waals surface area contributed by atoms with Crippen LogP contribution in [0, 0.1) is 0 Å². The van der Waals surface area contributed by atoms with Crippen molar-refractivity contribution in [3.8, 4) is 0 Å². The van der Waals surface area contributed by atoms with Gasteiger partial charge in [-0.15, -0.1) is 0 Å². The number of benzene rings is 1. The minimum atomic E-state index is -0.144. The average molecular weight is 578 g/mol. The zero-order valence-corrected chi connectivity index (χ0v) is 24.2. The number of carbonyl (C=O) groups excluding carboxylic acids is 1. The Kier molecular flexibility index (Phi) is 13.2. The van der Waals surface area contributed by atoms with Gasteiger partial charge >= 0.3 is 0 Å². The minimum Gasteiger partial charge on any atom is -0.378 e. The maximum absolute atomic E-state index is 12.5. The number of carbonyl (C=O) groups is 1. The van der Waals surface area contributed by atoms with E-state index >= 15 is 0 Å². The number of amides is 1.